The van der Waals surface area contributed by atoms with Crippen LogP contribution in [-0.2, 0) is 35.7 Å². The van der Waals surface area contributed by atoms with Crippen LogP contribution in [0.3, 0.4) is 0 Å². The Morgan fingerprint density at radius 1 is 0.946 bits per heavy atom. The molecule has 1 radical (unpaired) electrons. The van der Waals surface area contributed by atoms with E-state index in [1.54, 1.807) is 0 Å². The minimum absolute atomic E-state index is 0. The number of nitrogens with zero attached hydrogens (tertiary/aromatic N) is 1. The standard InChI is InChI=1S/C28H26N.C5H8O2.Ir/c1-27(2,3)20-12-14-22-21-13-10-19(16-23(21)28(4,5)24(22)17-20)26-15-11-18-8-6-7-9-25(18)29-26;1-4(6)3-5(2)7;/h6-9,11-17H,1-5H3;3,6H,1-2H3;/q-1;;. The Balaban J connectivity index is 0.000000422. The largest absolute Gasteiger partial charge is 0.512 e. The zero-order valence-electron chi connectivity index (χ0n) is 22.6. The van der Waals surface area contributed by atoms with Gasteiger partial charge in [0.05, 0.1) is 11.3 Å². The molecule has 1 aliphatic carbocycles. The SMILES string of the molecule is CC(=O)C=C(C)O.CC(C)(C)c1ccc2c(c1)C(C)(C)c1cc(-c3ccc4ccccc4n3)[c-]cc1-2.[Ir]. The molecule has 1 aromatic heterocycles. The Labute approximate surface area is 234 Å². The second kappa shape index (κ2) is 10.7. The van der Waals surface area contributed by atoms with Gasteiger partial charge in [0, 0.05) is 26.2 Å². The molecule has 3 aromatic carbocycles. The van der Waals surface area contributed by atoms with Gasteiger partial charge in [-0.1, -0.05) is 94.3 Å². The maximum Gasteiger partial charge on any atom is 0.155 e. The van der Waals surface area contributed by atoms with Crippen molar-refractivity contribution < 1.29 is 30.0 Å². The van der Waals surface area contributed by atoms with Crippen molar-refractivity contribution in [3.63, 3.8) is 0 Å². The molecular weight excluding hydrogens is 635 g/mol. The molecule has 1 heterocycles. The summed E-state index contributed by atoms with van der Waals surface area (Å²) in [5, 5.41) is 9.53. The van der Waals surface area contributed by atoms with Crippen molar-refractivity contribution in [2.24, 2.45) is 0 Å². The van der Waals surface area contributed by atoms with Crippen molar-refractivity contribution >= 4 is 16.7 Å². The number of rotatable bonds is 2. The summed E-state index contributed by atoms with van der Waals surface area (Å²) in [7, 11) is 0. The molecule has 193 valence electrons. The third kappa shape index (κ3) is 5.92. The molecule has 4 aromatic rings. The normalized spacial score (nSPS) is 13.6. The fourth-order valence-corrected chi connectivity index (χ4v) is 4.80. The zero-order valence-corrected chi connectivity index (χ0v) is 25.0. The number of hydrogen-bond acceptors (Lipinski definition) is 3. The number of ketones is 1. The van der Waals surface area contributed by atoms with Crippen molar-refractivity contribution in [2.45, 2.75) is 59.3 Å². The van der Waals surface area contributed by atoms with Gasteiger partial charge in [0.1, 0.15) is 0 Å². The zero-order chi connectivity index (χ0) is 26.3. The first-order valence-electron chi connectivity index (χ1n) is 12.3. The topological polar surface area (TPSA) is 50.2 Å². The number of para-hydroxylation sites is 1. The summed E-state index contributed by atoms with van der Waals surface area (Å²) in [6, 6.07) is 27.5. The predicted octanol–water partition coefficient (Wildman–Crippen LogP) is 8.34. The van der Waals surface area contributed by atoms with Crippen molar-refractivity contribution in [2.75, 3.05) is 0 Å². The van der Waals surface area contributed by atoms with Crippen LogP contribution in [0.4, 0.5) is 0 Å². The van der Waals surface area contributed by atoms with E-state index in [2.05, 4.69) is 101 Å². The average molecular weight is 669 g/mol. The number of hydrogen-bond donors (Lipinski definition) is 1. The molecule has 1 N–H and O–H groups in total. The Morgan fingerprint density at radius 3 is 2.24 bits per heavy atom. The van der Waals surface area contributed by atoms with Crippen LogP contribution in [-0.4, -0.2) is 15.9 Å². The number of benzene rings is 3. The number of aliphatic hydroxyl groups is 1. The Kier molecular flexibility index (Phi) is 8.27. The molecule has 4 heteroatoms. The van der Waals surface area contributed by atoms with E-state index in [4.69, 9.17) is 10.1 Å². The van der Waals surface area contributed by atoms with Gasteiger partial charge >= 0.3 is 0 Å². The van der Waals surface area contributed by atoms with Gasteiger partial charge in [-0.25, -0.2) is 0 Å². The van der Waals surface area contributed by atoms with Crippen molar-refractivity contribution in [1.29, 1.82) is 0 Å². The summed E-state index contributed by atoms with van der Waals surface area (Å²) in [6.07, 6.45) is 1.17. The predicted molar refractivity (Wildman–Crippen MR) is 149 cm³/mol. The Hall–Kier alpha value is -3.07. The molecule has 5 rings (SSSR count). The molecule has 0 bridgehead atoms. The molecule has 0 fully saturated rings. The van der Waals surface area contributed by atoms with Gasteiger partial charge in [-0.15, -0.1) is 29.3 Å². The summed E-state index contributed by atoms with van der Waals surface area (Å²) in [4.78, 5) is 14.9. The first-order chi connectivity index (χ1) is 16.9. The molecule has 0 unspecified atom stereocenters. The van der Waals surface area contributed by atoms with Gasteiger partial charge in [0.25, 0.3) is 0 Å². The number of aromatic nitrogens is 1. The quantitative estimate of drug-likeness (QED) is 0.133. The van der Waals surface area contributed by atoms with Gasteiger partial charge in [-0.05, 0) is 53.0 Å². The molecule has 0 saturated heterocycles. The van der Waals surface area contributed by atoms with E-state index >= 15 is 0 Å². The monoisotopic (exact) mass is 669 g/mol. The summed E-state index contributed by atoms with van der Waals surface area (Å²) in [5.74, 6) is -0.0625. The van der Waals surface area contributed by atoms with E-state index in [-0.39, 0.29) is 42.5 Å². The maximum absolute atomic E-state index is 10.0. The molecule has 1 aliphatic rings. The summed E-state index contributed by atoms with van der Waals surface area (Å²) in [6.45, 7) is 14.4. The van der Waals surface area contributed by atoms with Crippen molar-refractivity contribution in [3.05, 3.63) is 101 Å². The van der Waals surface area contributed by atoms with Crippen LogP contribution in [0.25, 0.3) is 33.3 Å². The number of aliphatic hydroxyl groups excluding tert-OH is 1. The summed E-state index contributed by atoms with van der Waals surface area (Å²) >= 11 is 0. The van der Waals surface area contributed by atoms with Gasteiger partial charge in [0.15, 0.2) is 5.78 Å². The Bertz CT molecular complexity index is 1490. The van der Waals surface area contributed by atoms with E-state index < -0.39 is 0 Å². The van der Waals surface area contributed by atoms with Crippen LogP contribution >= 0.6 is 0 Å². The Morgan fingerprint density at radius 2 is 1.62 bits per heavy atom. The van der Waals surface area contributed by atoms with E-state index in [1.165, 1.54) is 53.1 Å². The molecule has 0 amide bonds. The first kappa shape index (κ1) is 28.5. The summed E-state index contributed by atoms with van der Waals surface area (Å²) in [5.41, 5.74) is 9.98. The average Bonchev–Trinajstić information content (AvgIpc) is 3.04. The molecule has 0 saturated carbocycles. The second-order valence-corrected chi connectivity index (χ2v) is 11.1. The van der Waals surface area contributed by atoms with Crippen LogP contribution in [0.5, 0.6) is 0 Å². The van der Waals surface area contributed by atoms with Crippen LogP contribution in [0.1, 0.15) is 65.2 Å². The molecular formula is C33H34IrNO2-. The molecule has 0 aliphatic heterocycles. The van der Waals surface area contributed by atoms with Gasteiger partial charge < -0.3 is 5.11 Å². The van der Waals surface area contributed by atoms with E-state index in [9.17, 15) is 4.79 Å². The van der Waals surface area contributed by atoms with Crippen molar-refractivity contribution in [1.82, 2.24) is 4.98 Å². The van der Waals surface area contributed by atoms with Gasteiger partial charge in [-0.2, -0.15) is 0 Å². The third-order valence-corrected chi connectivity index (χ3v) is 6.76. The number of carbonyl (C=O) groups excluding carboxylic acids is 1. The van der Waals surface area contributed by atoms with E-state index in [0.29, 0.717) is 0 Å². The van der Waals surface area contributed by atoms with Crippen LogP contribution in [0, 0.1) is 6.07 Å². The van der Waals surface area contributed by atoms with E-state index in [0.717, 1.165) is 16.8 Å². The molecule has 0 spiro atoms. The first-order valence-corrected chi connectivity index (χ1v) is 12.3. The van der Waals surface area contributed by atoms with E-state index in [1.807, 2.05) is 6.07 Å². The summed E-state index contributed by atoms with van der Waals surface area (Å²) < 4.78 is 0. The fraction of sp³-hybridized carbons (Fsp3) is 0.273. The van der Waals surface area contributed by atoms with Crippen LogP contribution < -0.4 is 0 Å². The fourth-order valence-electron chi connectivity index (χ4n) is 4.80. The second-order valence-electron chi connectivity index (χ2n) is 11.1. The van der Waals surface area contributed by atoms with Gasteiger partial charge in [0.2, 0.25) is 0 Å². The molecule has 0 atom stereocenters. The third-order valence-electron chi connectivity index (χ3n) is 6.76. The van der Waals surface area contributed by atoms with Gasteiger partial charge in [-0.3, -0.25) is 9.78 Å². The number of pyridine rings is 1. The van der Waals surface area contributed by atoms with Crippen LogP contribution in [0.2, 0.25) is 0 Å². The number of allylic oxidation sites excluding steroid dienone is 2. The minimum Gasteiger partial charge on any atom is -0.512 e. The molecule has 3 nitrogen and oxygen atoms in total. The van der Waals surface area contributed by atoms with Crippen LogP contribution in [0.15, 0.2) is 78.6 Å². The number of carbonyl (C=O) groups is 1. The smallest absolute Gasteiger partial charge is 0.155 e. The maximum atomic E-state index is 10.0. The minimum atomic E-state index is -0.125. The van der Waals surface area contributed by atoms with Crippen molar-refractivity contribution in [3.8, 4) is 22.4 Å². The number of fused-ring (bicyclic) bond motifs is 4. The molecule has 37 heavy (non-hydrogen) atoms.